The van der Waals surface area contributed by atoms with Gasteiger partial charge in [-0.3, -0.25) is 9.59 Å². The molecular weight excluding hydrogens is 390 g/mol. The fourth-order valence-corrected chi connectivity index (χ4v) is 5.50. The van der Waals surface area contributed by atoms with E-state index in [4.69, 9.17) is 0 Å². The normalized spacial score (nSPS) is 19.2. The van der Waals surface area contributed by atoms with E-state index in [-0.39, 0.29) is 28.8 Å². The van der Waals surface area contributed by atoms with E-state index in [1.54, 1.807) is 24.8 Å². The number of nitrogens with one attached hydrogen (secondary N) is 1. The largest absolute Gasteiger partial charge is 0.339 e. The van der Waals surface area contributed by atoms with Crippen molar-refractivity contribution in [2.45, 2.75) is 37.6 Å². The third-order valence-electron chi connectivity index (χ3n) is 5.06. The number of halogens is 1. The maximum Gasteiger partial charge on any atom is 0.269 e. The van der Waals surface area contributed by atoms with E-state index >= 15 is 0 Å². The quantitative estimate of drug-likeness (QED) is 0.809. The highest BCUT2D eigenvalue weighted by Gasteiger charge is 2.43. The van der Waals surface area contributed by atoms with Crippen molar-refractivity contribution in [3.63, 3.8) is 0 Å². The molecule has 1 aromatic carbocycles. The highest BCUT2D eigenvalue weighted by molar-refractivity contribution is 7.90. The molecule has 0 atom stereocenters. The van der Waals surface area contributed by atoms with E-state index < -0.39 is 22.0 Å². The first-order chi connectivity index (χ1) is 12.3. The second kappa shape index (κ2) is 8.16. The molecule has 150 valence electrons. The van der Waals surface area contributed by atoms with Crippen LogP contribution >= 0.6 is 12.4 Å². The monoisotopic (exact) mass is 415 g/mol. The van der Waals surface area contributed by atoms with Gasteiger partial charge in [0.1, 0.15) is 4.90 Å². The fraction of sp³-hybridized carbons (Fsp3) is 0.556. The Labute approximate surface area is 166 Å². The van der Waals surface area contributed by atoms with Gasteiger partial charge in [0.2, 0.25) is 0 Å². The van der Waals surface area contributed by atoms with Gasteiger partial charge >= 0.3 is 0 Å². The van der Waals surface area contributed by atoms with Crippen LogP contribution in [0.4, 0.5) is 0 Å². The molecule has 9 heteroatoms. The van der Waals surface area contributed by atoms with Gasteiger partial charge < -0.3 is 10.2 Å². The Kier molecular flexibility index (Phi) is 6.55. The number of carbonyl (C=O) groups is 2. The number of hydrogen-bond acceptors (Lipinski definition) is 5. The lowest BCUT2D eigenvalue weighted by molar-refractivity contribution is 0.0690. The minimum Gasteiger partial charge on any atom is -0.339 e. The summed E-state index contributed by atoms with van der Waals surface area (Å²) in [5.41, 5.74) is 0.459. The first-order valence-electron chi connectivity index (χ1n) is 8.94. The van der Waals surface area contributed by atoms with Crippen molar-refractivity contribution >= 4 is 34.2 Å². The van der Waals surface area contributed by atoms with Crippen LogP contribution in [0.3, 0.4) is 0 Å². The third-order valence-corrected chi connectivity index (χ3v) is 7.06. The van der Waals surface area contributed by atoms with Gasteiger partial charge in [-0.05, 0) is 64.4 Å². The van der Waals surface area contributed by atoms with Crippen molar-refractivity contribution in [2.24, 2.45) is 5.92 Å². The molecule has 27 heavy (non-hydrogen) atoms. The molecule has 1 saturated heterocycles. The molecule has 2 heterocycles. The van der Waals surface area contributed by atoms with Crippen LogP contribution in [0.15, 0.2) is 23.1 Å². The zero-order valence-electron chi connectivity index (χ0n) is 15.8. The lowest BCUT2D eigenvalue weighted by Gasteiger charge is -2.32. The second-order valence-corrected chi connectivity index (χ2v) is 8.99. The number of amides is 2. The molecule has 0 aromatic heterocycles. The zero-order chi connectivity index (χ0) is 19.1. The summed E-state index contributed by atoms with van der Waals surface area (Å²) in [7, 11) is -1.97. The summed E-state index contributed by atoms with van der Waals surface area (Å²) in [6, 6.07) is 3.90. The van der Waals surface area contributed by atoms with E-state index in [0.29, 0.717) is 24.6 Å². The Bertz CT molecular complexity index is 833. The molecule has 7 nitrogen and oxygen atoms in total. The van der Waals surface area contributed by atoms with Crippen molar-refractivity contribution in [3.8, 4) is 0 Å². The predicted octanol–water partition coefficient (Wildman–Crippen LogP) is 1.73. The van der Waals surface area contributed by atoms with Gasteiger partial charge in [0, 0.05) is 24.7 Å². The van der Waals surface area contributed by atoms with Crippen LogP contribution in [0.5, 0.6) is 0 Å². The van der Waals surface area contributed by atoms with Crippen LogP contribution in [0.1, 0.15) is 47.4 Å². The smallest absolute Gasteiger partial charge is 0.269 e. The van der Waals surface area contributed by atoms with Gasteiger partial charge in [-0.25, -0.2) is 12.7 Å². The average Bonchev–Trinajstić information content (AvgIpc) is 2.81. The van der Waals surface area contributed by atoms with Crippen LogP contribution in [0.2, 0.25) is 0 Å². The minimum atomic E-state index is -3.89. The van der Waals surface area contributed by atoms with Crippen molar-refractivity contribution in [3.05, 3.63) is 29.3 Å². The molecular formula is C18H26ClN3O4S. The molecule has 3 rings (SSSR count). The van der Waals surface area contributed by atoms with Gasteiger partial charge in [0.05, 0.1) is 5.56 Å². The first kappa shape index (κ1) is 21.7. The number of sulfonamides is 1. The number of rotatable bonds is 4. The van der Waals surface area contributed by atoms with Crippen molar-refractivity contribution < 1.29 is 18.0 Å². The average molecular weight is 416 g/mol. The molecule has 2 aliphatic rings. The van der Waals surface area contributed by atoms with Crippen molar-refractivity contribution in [1.29, 1.82) is 0 Å². The number of fused-ring (bicyclic) bond motifs is 1. The SMILES string of the molecule is CNCC1CCN(C(=O)c2ccc3c(c2)S(=O)(=O)N(C(C)C)C3=O)CC1.Cl. The van der Waals surface area contributed by atoms with Crippen LogP contribution < -0.4 is 5.32 Å². The van der Waals surface area contributed by atoms with E-state index in [1.807, 2.05) is 7.05 Å². The summed E-state index contributed by atoms with van der Waals surface area (Å²) in [6.07, 6.45) is 1.85. The maximum absolute atomic E-state index is 12.8. The number of likely N-dealkylation sites (tertiary alicyclic amines) is 1. The van der Waals surface area contributed by atoms with Crippen molar-refractivity contribution in [1.82, 2.24) is 14.5 Å². The van der Waals surface area contributed by atoms with Crippen molar-refractivity contribution in [2.75, 3.05) is 26.7 Å². The molecule has 0 spiro atoms. The second-order valence-electron chi connectivity index (χ2n) is 7.20. The van der Waals surface area contributed by atoms with E-state index in [0.717, 1.165) is 23.7 Å². The number of carbonyl (C=O) groups excluding carboxylic acids is 2. The van der Waals surface area contributed by atoms with E-state index in [1.165, 1.54) is 12.1 Å². The lowest BCUT2D eigenvalue weighted by Crippen LogP contribution is -2.40. The molecule has 0 aliphatic carbocycles. The third kappa shape index (κ3) is 3.83. The number of benzene rings is 1. The molecule has 1 N–H and O–H groups in total. The summed E-state index contributed by atoms with van der Waals surface area (Å²) in [6.45, 7) is 5.57. The standard InChI is InChI=1S/C18H25N3O4S.ClH/c1-12(2)21-18(23)15-5-4-14(10-16(15)26(21,24)25)17(22)20-8-6-13(7-9-20)11-19-3;/h4-5,10,12-13,19H,6-9,11H2,1-3H3;1H. The predicted molar refractivity (Wildman–Crippen MR) is 105 cm³/mol. The van der Waals surface area contributed by atoms with Gasteiger partial charge in [0.25, 0.3) is 21.8 Å². The lowest BCUT2D eigenvalue weighted by atomic mass is 9.96. The van der Waals surface area contributed by atoms with E-state index in [9.17, 15) is 18.0 Å². The zero-order valence-corrected chi connectivity index (χ0v) is 17.4. The van der Waals surface area contributed by atoms with E-state index in [2.05, 4.69) is 5.32 Å². The fourth-order valence-electron chi connectivity index (χ4n) is 3.70. The highest BCUT2D eigenvalue weighted by atomic mass is 35.5. The molecule has 0 bridgehead atoms. The van der Waals surface area contributed by atoms with Gasteiger partial charge in [-0.2, -0.15) is 0 Å². The summed E-state index contributed by atoms with van der Waals surface area (Å²) >= 11 is 0. The Morgan fingerprint density at radius 1 is 1.26 bits per heavy atom. The van der Waals surface area contributed by atoms with Gasteiger partial charge in [-0.15, -0.1) is 12.4 Å². The Morgan fingerprint density at radius 3 is 2.44 bits per heavy atom. The Hall–Kier alpha value is -1.64. The van der Waals surface area contributed by atoms with Crippen LogP contribution in [0, 0.1) is 5.92 Å². The molecule has 2 amide bonds. The van der Waals surface area contributed by atoms with Gasteiger partial charge in [-0.1, -0.05) is 0 Å². The van der Waals surface area contributed by atoms with Crippen LogP contribution in [-0.2, 0) is 10.0 Å². The number of piperidine rings is 1. The molecule has 0 radical (unpaired) electrons. The first-order valence-corrected chi connectivity index (χ1v) is 10.4. The maximum atomic E-state index is 12.8. The highest BCUT2D eigenvalue weighted by Crippen LogP contribution is 2.33. The van der Waals surface area contributed by atoms with Gasteiger partial charge in [0.15, 0.2) is 0 Å². The summed E-state index contributed by atoms with van der Waals surface area (Å²) in [4.78, 5) is 26.9. The summed E-state index contributed by atoms with van der Waals surface area (Å²) in [5, 5.41) is 3.16. The number of hydrogen-bond donors (Lipinski definition) is 1. The minimum absolute atomic E-state index is 0. The number of nitrogens with zero attached hydrogens (tertiary/aromatic N) is 2. The molecule has 2 aliphatic heterocycles. The molecule has 0 saturated carbocycles. The Morgan fingerprint density at radius 2 is 1.89 bits per heavy atom. The summed E-state index contributed by atoms with van der Waals surface area (Å²) < 4.78 is 26.2. The molecule has 0 unspecified atom stereocenters. The molecule has 1 fully saturated rings. The van der Waals surface area contributed by atoms with Crippen LogP contribution in [0.25, 0.3) is 0 Å². The van der Waals surface area contributed by atoms with Crippen LogP contribution in [-0.4, -0.2) is 62.2 Å². The Balaban J connectivity index is 0.00000261. The topological polar surface area (TPSA) is 86.8 Å². The summed E-state index contributed by atoms with van der Waals surface area (Å²) in [5.74, 6) is -0.148. The molecule has 1 aromatic rings.